The van der Waals surface area contributed by atoms with Crippen molar-refractivity contribution >= 4 is 22.7 Å². The molecule has 0 atom stereocenters. The van der Waals surface area contributed by atoms with Gasteiger partial charge in [0.15, 0.2) is 0 Å². The molecule has 0 aliphatic carbocycles. The molecular formula is C17H15N3O2. The number of anilines is 1. The first-order valence-electron chi connectivity index (χ1n) is 7.28. The van der Waals surface area contributed by atoms with Crippen LogP contribution < -0.4 is 4.90 Å². The van der Waals surface area contributed by atoms with E-state index in [0.717, 1.165) is 17.8 Å². The number of nitrogens with zero attached hydrogens (tertiary/aromatic N) is 3. The Morgan fingerprint density at radius 2 is 2.09 bits per heavy atom. The second-order valence-corrected chi connectivity index (χ2v) is 5.59. The average molecular weight is 293 g/mol. The molecule has 3 heterocycles. The van der Waals surface area contributed by atoms with Crippen molar-refractivity contribution in [1.82, 2.24) is 10.1 Å². The molecule has 0 radical (unpaired) electrons. The van der Waals surface area contributed by atoms with Gasteiger partial charge in [0.1, 0.15) is 0 Å². The highest BCUT2D eigenvalue weighted by atomic mass is 16.5. The second-order valence-electron chi connectivity index (χ2n) is 5.59. The van der Waals surface area contributed by atoms with Gasteiger partial charge < -0.3 is 9.42 Å². The van der Waals surface area contributed by atoms with E-state index in [1.165, 1.54) is 5.56 Å². The van der Waals surface area contributed by atoms with Crippen LogP contribution in [-0.4, -0.2) is 22.6 Å². The molecule has 0 bridgehead atoms. The number of pyridine rings is 1. The van der Waals surface area contributed by atoms with E-state index < -0.39 is 0 Å². The molecule has 0 saturated carbocycles. The van der Waals surface area contributed by atoms with Gasteiger partial charge >= 0.3 is 0 Å². The molecule has 1 amide bonds. The maximum atomic E-state index is 13.1. The lowest BCUT2D eigenvalue weighted by Crippen LogP contribution is -2.29. The number of carbonyl (C=O) groups excluding carboxylic acids is 1. The van der Waals surface area contributed by atoms with Crippen LogP contribution in [0.4, 0.5) is 5.69 Å². The van der Waals surface area contributed by atoms with Crippen molar-refractivity contribution in [3.8, 4) is 0 Å². The average Bonchev–Trinajstić information content (AvgIpc) is 3.10. The summed E-state index contributed by atoms with van der Waals surface area (Å²) >= 11 is 0. The van der Waals surface area contributed by atoms with Crippen molar-refractivity contribution in [2.45, 2.75) is 20.3 Å². The van der Waals surface area contributed by atoms with Crippen LogP contribution >= 0.6 is 0 Å². The van der Waals surface area contributed by atoms with Crippen molar-refractivity contribution in [2.75, 3.05) is 11.4 Å². The van der Waals surface area contributed by atoms with E-state index in [4.69, 9.17) is 4.52 Å². The molecule has 0 N–H and O–H groups in total. The lowest BCUT2D eigenvalue weighted by atomic mass is 10.1. The minimum Gasteiger partial charge on any atom is -0.336 e. The van der Waals surface area contributed by atoms with Crippen LogP contribution in [0.2, 0.25) is 0 Å². The third-order valence-electron chi connectivity index (χ3n) is 4.11. The van der Waals surface area contributed by atoms with Crippen molar-refractivity contribution in [2.24, 2.45) is 0 Å². The first-order chi connectivity index (χ1) is 10.6. The fraction of sp³-hybridized carbons (Fsp3) is 0.235. The molecular weight excluding hydrogens is 278 g/mol. The maximum Gasteiger partial charge on any atom is 0.259 e. The quantitative estimate of drug-likeness (QED) is 0.692. The largest absolute Gasteiger partial charge is 0.336 e. The molecule has 4 rings (SSSR count). The van der Waals surface area contributed by atoms with Crippen LogP contribution in [0.5, 0.6) is 0 Å². The highest BCUT2D eigenvalue weighted by Gasteiger charge is 2.28. The summed E-state index contributed by atoms with van der Waals surface area (Å²) in [6.45, 7) is 4.38. The van der Waals surface area contributed by atoms with Gasteiger partial charge in [-0.25, -0.2) is 4.98 Å². The van der Waals surface area contributed by atoms with Crippen LogP contribution in [0.1, 0.15) is 27.3 Å². The van der Waals surface area contributed by atoms with Gasteiger partial charge in [-0.2, -0.15) is 0 Å². The van der Waals surface area contributed by atoms with Crippen molar-refractivity contribution in [1.29, 1.82) is 0 Å². The Hall–Kier alpha value is -2.69. The number of aryl methyl sites for hydroxylation is 2. The zero-order chi connectivity index (χ0) is 15.3. The van der Waals surface area contributed by atoms with E-state index in [1.807, 2.05) is 43.0 Å². The summed E-state index contributed by atoms with van der Waals surface area (Å²) in [5.41, 5.74) is 4.67. The van der Waals surface area contributed by atoms with Gasteiger partial charge in [-0.3, -0.25) is 4.79 Å². The second kappa shape index (κ2) is 4.66. The highest BCUT2D eigenvalue weighted by molar-refractivity contribution is 6.14. The number of benzene rings is 1. The number of amides is 1. The normalized spacial score (nSPS) is 13.6. The van der Waals surface area contributed by atoms with Crippen LogP contribution in [-0.2, 0) is 6.42 Å². The molecule has 0 saturated heterocycles. The lowest BCUT2D eigenvalue weighted by Gasteiger charge is -2.18. The summed E-state index contributed by atoms with van der Waals surface area (Å²) in [6, 6.07) is 9.84. The van der Waals surface area contributed by atoms with Gasteiger partial charge in [-0.05, 0) is 38.0 Å². The smallest absolute Gasteiger partial charge is 0.259 e. The SMILES string of the molecule is Cc1cc(C(=O)N2CCc3ccccc32)c2c(C)noc2n1. The Balaban J connectivity index is 1.86. The summed E-state index contributed by atoms with van der Waals surface area (Å²) in [5, 5.41) is 4.65. The van der Waals surface area contributed by atoms with Gasteiger partial charge in [0.2, 0.25) is 0 Å². The van der Waals surface area contributed by atoms with Crippen LogP contribution in [0.25, 0.3) is 11.1 Å². The summed E-state index contributed by atoms with van der Waals surface area (Å²) in [6.07, 6.45) is 0.887. The van der Waals surface area contributed by atoms with E-state index >= 15 is 0 Å². The van der Waals surface area contributed by atoms with Crippen LogP contribution in [0.15, 0.2) is 34.9 Å². The summed E-state index contributed by atoms with van der Waals surface area (Å²) < 4.78 is 5.22. The standard InChI is InChI=1S/C17H15N3O2/c1-10-9-13(15-11(2)19-22-16(15)18-10)17(21)20-8-7-12-5-3-4-6-14(12)20/h3-6,9H,7-8H2,1-2H3. The molecule has 110 valence electrons. The predicted octanol–water partition coefficient (Wildman–Crippen LogP) is 3.04. The third kappa shape index (κ3) is 1.82. The fourth-order valence-corrected chi connectivity index (χ4v) is 3.08. The molecule has 1 aliphatic rings. The number of rotatable bonds is 1. The minimum atomic E-state index is -0.0215. The van der Waals surface area contributed by atoms with E-state index in [0.29, 0.717) is 28.9 Å². The molecule has 2 aromatic heterocycles. The zero-order valence-electron chi connectivity index (χ0n) is 12.5. The number of hydrogen-bond acceptors (Lipinski definition) is 4. The number of para-hydroxylation sites is 1. The Bertz CT molecular complexity index is 898. The summed E-state index contributed by atoms with van der Waals surface area (Å²) in [5.74, 6) is -0.0215. The molecule has 5 nitrogen and oxygen atoms in total. The predicted molar refractivity (Wildman–Crippen MR) is 83.1 cm³/mol. The van der Waals surface area contributed by atoms with E-state index in [9.17, 15) is 4.79 Å². The molecule has 1 aromatic carbocycles. The number of aromatic nitrogens is 2. The number of hydrogen-bond donors (Lipinski definition) is 0. The Labute approximate surface area is 127 Å². The van der Waals surface area contributed by atoms with Gasteiger partial charge in [-0.15, -0.1) is 0 Å². The molecule has 22 heavy (non-hydrogen) atoms. The lowest BCUT2D eigenvalue weighted by molar-refractivity contribution is 0.0990. The zero-order valence-corrected chi connectivity index (χ0v) is 12.5. The minimum absolute atomic E-state index is 0.0215. The first-order valence-corrected chi connectivity index (χ1v) is 7.28. The van der Waals surface area contributed by atoms with Crippen molar-refractivity contribution in [3.05, 3.63) is 52.8 Å². The Morgan fingerprint density at radius 1 is 1.27 bits per heavy atom. The number of carbonyl (C=O) groups is 1. The van der Waals surface area contributed by atoms with Crippen LogP contribution in [0, 0.1) is 13.8 Å². The molecule has 0 fully saturated rings. The van der Waals surface area contributed by atoms with Crippen molar-refractivity contribution in [3.63, 3.8) is 0 Å². The topological polar surface area (TPSA) is 59.2 Å². The monoisotopic (exact) mass is 293 g/mol. The van der Waals surface area contributed by atoms with E-state index in [1.54, 1.807) is 0 Å². The Kier molecular flexibility index (Phi) is 2.76. The van der Waals surface area contributed by atoms with Gasteiger partial charge in [-0.1, -0.05) is 23.4 Å². The summed E-state index contributed by atoms with van der Waals surface area (Å²) in [4.78, 5) is 19.2. The highest BCUT2D eigenvalue weighted by Crippen LogP contribution is 2.31. The molecule has 0 unspecified atom stereocenters. The Morgan fingerprint density at radius 3 is 2.95 bits per heavy atom. The number of fused-ring (bicyclic) bond motifs is 2. The summed E-state index contributed by atoms with van der Waals surface area (Å²) in [7, 11) is 0. The molecule has 3 aromatic rings. The fourth-order valence-electron chi connectivity index (χ4n) is 3.08. The first kappa shape index (κ1) is 13.0. The van der Waals surface area contributed by atoms with Gasteiger partial charge in [0.25, 0.3) is 11.6 Å². The van der Waals surface area contributed by atoms with E-state index in [-0.39, 0.29) is 5.91 Å². The van der Waals surface area contributed by atoms with E-state index in [2.05, 4.69) is 16.2 Å². The molecule has 5 heteroatoms. The van der Waals surface area contributed by atoms with Gasteiger partial charge in [0.05, 0.1) is 16.6 Å². The molecule has 0 spiro atoms. The maximum absolute atomic E-state index is 13.1. The third-order valence-corrected chi connectivity index (χ3v) is 4.11. The van der Waals surface area contributed by atoms with Gasteiger partial charge in [0, 0.05) is 17.9 Å². The van der Waals surface area contributed by atoms with Crippen LogP contribution in [0.3, 0.4) is 0 Å². The molecule has 1 aliphatic heterocycles. The van der Waals surface area contributed by atoms with Crippen molar-refractivity contribution < 1.29 is 9.32 Å².